The van der Waals surface area contributed by atoms with Crippen molar-refractivity contribution >= 4 is 45.7 Å². The van der Waals surface area contributed by atoms with Gasteiger partial charge < -0.3 is 0 Å². The van der Waals surface area contributed by atoms with E-state index in [9.17, 15) is 4.79 Å². The van der Waals surface area contributed by atoms with Crippen LogP contribution in [-0.4, -0.2) is 10.8 Å². The average molecular weight is 342 g/mol. The van der Waals surface area contributed by atoms with Crippen LogP contribution in [0.4, 0.5) is 0 Å². The number of aryl methyl sites for hydroxylation is 3. The van der Waals surface area contributed by atoms with Crippen molar-refractivity contribution in [3.05, 3.63) is 68.0 Å². The Hall–Kier alpha value is -1.97. The molecule has 0 atom stereocenters. The van der Waals surface area contributed by atoms with Crippen LogP contribution in [0.2, 0.25) is 5.15 Å². The van der Waals surface area contributed by atoms with Crippen molar-refractivity contribution in [2.75, 3.05) is 0 Å². The van der Waals surface area contributed by atoms with Crippen LogP contribution >= 0.6 is 22.9 Å². The van der Waals surface area contributed by atoms with Gasteiger partial charge in [0.05, 0.1) is 5.52 Å². The SMILES string of the molecule is Cc1ccc2cc(/C=C/C(=O)c3cc(C)sc3C)c(Cl)nc2c1. The first-order chi connectivity index (χ1) is 10.9. The van der Waals surface area contributed by atoms with Gasteiger partial charge in [-0.15, -0.1) is 11.3 Å². The third-order valence-corrected chi connectivity index (χ3v) is 4.94. The molecule has 0 unspecified atom stereocenters. The Kier molecular flexibility index (Phi) is 4.33. The zero-order chi connectivity index (χ0) is 16.6. The number of thiophene rings is 1. The first-order valence-corrected chi connectivity index (χ1v) is 8.50. The van der Waals surface area contributed by atoms with Crippen LogP contribution in [-0.2, 0) is 0 Å². The highest BCUT2D eigenvalue weighted by atomic mass is 35.5. The third-order valence-electron chi connectivity index (χ3n) is 3.67. The summed E-state index contributed by atoms with van der Waals surface area (Å²) in [6.07, 6.45) is 3.31. The topological polar surface area (TPSA) is 30.0 Å². The lowest BCUT2D eigenvalue weighted by Gasteiger charge is -2.03. The molecule has 3 rings (SSSR count). The van der Waals surface area contributed by atoms with Crippen molar-refractivity contribution in [3.8, 4) is 0 Å². The zero-order valence-corrected chi connectivity index (χ0v) is 14.8. The van der Waals surface area contributed by atoms with Gasteiger partial charge in [-0.3, -0.25) is 4.79 Å². The third kappa shape index (κ3) is 3.36. The molecule has 0 fully saturated rings. The molecule has 2 heterocycles. The Morgan fingerprint density at radius 1 is 1.17 bits per heavy atom. The van der Waals surface area contributed by atoms with Crippen molar-refractivity contribution < 1.29 is 4.79 Å². The van der Waals surface area contributed by atoms with E-state index in [1.807, 2.05) is 51.1 Å². The van der Waals surface area contributed by atoms with Crippen LogP contribution < -0.4 is 0 Å². The van der Waals surface area contributed by atoms with E-state index in [1.54, 1.807) is 23.5 Å². The minimum absolute atomic E-state index is 0.00748. The van der Waals surface area contributed by atoms with E-state index in [0.29, 0.717) is 5.15 Å². The molecule has 0 radical (unpaired) electrons. The Labute approximate surface area is 144 Å². The summed E-state index contributed by atoms with van der Waals surface area (Å²) < 4.78 is 0. The summed E-state index contributed by atoms with van der Waals surface area (Å²) in [5, 5.41) is 1.42. The number of hydrogen-bond acceptors (Lipinski definition) is 3. The second kappa shape index (κ2) is 6.26. The second-order valence-electron chi connectivity index (χ2n) is 5.59. The molecule has 23 heavy (non-hydrogen) atoms. The van der Waals surface area contributed by atoms with Gasteiger partial charge in [0.15, 0.2) is 5.78 Å². The summed E-state index contributed by atoms with van der Waals surface area (Å²) in [7, 11) is 0. The predicted molar refractivity (Wildman–Crippen MR) is 98.6 cm³/mol. The second-order valence-corrected chi connectivity index (χ2v) is 7.41. The normalized spacial score (nSPS) is 11.5. The van der Waals surface area contributed by atoms with Gasteiger partial charge in [0.25, 0.3) is 0 Å². The number of ketones is 1. The van der Waals surface area contributed by atoms with Crippen molar-refractivity contribution in [1.82, 2.24) is 4.98 Å². The van der Waals surface area contributed by atoms with E-state index in [4.69, 9.17) is 11.6 Å². The molecule has 0 amide bonds. The smallest absolute Gasteiger partial charge is 0.186 e. The number of nitrogens with zero attached hydrogens (tertiary/aromatic N) is 1. The molecule has 0 aliphatic carbocycles. The Bertz CT molecular complexity index is 940. The molecular weight excluding hydrogens is 326 g/mol. The standard InChI is InChI=1S/C19H16ClNOS/c1-11-4-5-14-10-15(19(20)21-17(14)8-11)6-7-18(22)16-9-12(2)23-13(16)3/h4-10H,1-3H3/b7-6+. The van der Waals surface area contributed by atoms with Crippen molar-refractivity contribution in [3.63, 3.8) is 0 Å². The molecule has 0 spiro atoms. The largest absolute Gasteiger partial charge is 0.289 e. The first-order valence-electron chi connectivity index (χ1n) is 7.30. The molecule has 0 saturated heterocycles. The van der Waals surface area contributed by atoms with Crippen LogP contribution in [0.3, 0.4) is 0 Å². The minimum atomic E-state index is -0.00748. The number of aromatic nitrogens is 1. The summed E-state index contributed by atoms with van der Waals surface area (Å²) >= 11 is 7.88. The van der Waals surface area contributed by atoms with E-state index in [-0.39, 0.29) is 5.78 Å². The van der Waals surface area contributed by atoms with Crippen molar-refractivity contribution in [1.29, 1.82) is 0 Å². The maximum atomic E-state index is 12.3. The Balaban J connectivity index is 1.94. The minimum Gasteiger partial charge on any atom is -0.289 e. The fourth-order valence-electron chi connectivity index (χ4n) is 2.52. The summed E-state index contributed by atoms with van der Waals surface area (Å²) in [5.41, 5.74) is 3.51. The molecule has 0 aliphatic rings. The van der Waals surface area contributed by atoms with Gasteiger partial charge in [-0.05, 0) is 56.7 Å². The van der Waals surface area contributed by atoms with Gasteiger partial charge >= 0.3 is 0 Å². The van der Waals surface area contributed by atoms with Crippen molar-refractivity contribution in [2.24, 2.45) is 0 Å². The van der Waals surface area contributed by atoms with Crippen LogP contribution in [0.5, 0.6) is 0 Å². The highest BCUT2D eigenvalue weighted by Crippen LogP contribution is 2.24. The number of allylic oxidation sites excluding steroid dienone is 1. The van der Waals surface area contributed by atoms with Gasteiger partial charge in [-0.1, -0.05) is 23.7 Å². The van der Waals surface area contributed by atoms with Gasteiger partial charge in [0, 0.05) is 26.3 Å². The number of fused-ring (bicyclic) bond motifs is 1. The van der Waals surface area contributed by atoms with Crippen LogP contribution in [0.1, 0.15) is 31.2 Å². The Morgan fingerprint density at radius 3 is 2.65 bits per heavy atom. The lowest BCUT2D eigenvalue weighted by Crippen LogP contribution is -1.94. The highest BCUT2D eigenvalue weighted by Gasteiger charge is 2.09. The molecule has 4 heteroatoms. The molecule has 2 nitrogen and oxygen atoms in total. The first kappa shape index (κ1) is 15.9. The van der Waals surface area contributed by atoms with Gasteiger partial charge in [-0.2, -0.15) is 0 Å². The fraction of sp³-hybridized carbons (Fsp3) is 0.158. The molecule has 3 aromatic rings. The lowest BCUT2D eigenvalue weighted by molar-refractivity contribution is 0.104. The van der Waals surface area contributed by atoms with Gasteiger partial charge in [0.2, 0.25) is 0 Å². The molecule has 116 valence electrons. The van der Waals surface area contributed by atoms with E-state index in [0.717, 1.165) is 37.3 Å². The average Bonchev–Trinajstić information content (AvgIpc) is 2.83. The highest BCUT2D eigenvalue weighted by molar-refractivity contribution is 7.12. The quantitative estimate of drug-likeness (QED) is 0.344. The van der Waals surface area contributed by atoms with Crippen LogP contribution in [0.25, 0.3) is 17.0 Å². The number of carbonyl (C=O) groups excluding carboxylic acids is 1. The van der Waals surface area contributed by atoms with Gasteiger partial charge in [0.1, 0.15) is 5.15 Å². The number of carbonyl (C=O) groups is 1. The fourth-order valence-corrected chi connectivity index (χ4v) is 3.66. The molecule has 0 saturated carbocycles. The van der Waals surface area contributed by atoms with Crippen LogP contribution in [0.15, 0.2) is 36.4 Å². The zero-order valence-electron chi connectivity index (χ0n) is 13.2. The van der Waals surface area contributed by atoms with E-state index >= 15 is 0 Å². The van der Waals surface area contributed by atoms with Crippen molar-refractivity contribution in [2.45, 2.75) is 20.8 Å². The summed E-state index contributed by atoms with van der Waals surface area (Å²) in [5.74, 6) is -0.00748. The summed E-state index contributed by atoms with van der Waals surface area (Å²) in [6.45, 7) is 5.99. The van der Waals surface area contributed by atoms with E-state index in [2.05, 4.69) is 4.98 Å². The lowest BCUT2D eigenvalue weighted by atomic mass is 10.1. The molecule has 0 bridgehead atoms. The predicted octanol–water partition coefficient (Wildman–Crippen LogP) is 5.77. The number of benzene rings is 1. The van der Waals surface area contributed by atoms with Gasteiger partial charge in [-0.25, -0.2) is 4.98 Å². The maximum Gasteiger partial charge on any atom is 0.186 e. The van der Waals surface area contributed by atoms with Crippen LogP contribution in [0, 0.1) is 20.8 Å². The van der Waals surface area contributed by atoms with E-state index in [1.165, 1.54) is 0 Å². The van der Waals surface area contributed by atoms with E-state index < -0.39 is 0 Å². The number of hydrogen-bond donors (Lipinski definition) is 0. The molecule has 1 aromatic carbocycles. The Morgan fingerprint density at radius 2 is 1.96 bits per heavy atom. The summed E-state index contributed by atoms with van der Waals surface area (Å²) in [6, 6.07) is 9.93. The number of rotatable bonds is 3. The molecule has 0 aliphatic heterocycles. The number of pyridine rings is 1. The number of halogens is 1. The maximum absolute atomic E-state index is 12.3. The summed E-state index contributed by atoms with van der Waals surface area (Å²) in [4.78, 5) is 18.9. The monoisotopic (exact) mass is 341 g/mol. The molecular formula is C19H16ClNOS. The molecule has 0 N–H and O–H groups in total. The molecule has 2 aromatic heterocycles.